The van der Waals surface area contributed by atoms with E-state index < -0.39 is 11.6 Å². The standard InChI is InChI=1S/C33H29F2N7O2/c1-4-20-23(34)7-5-16-9-19(43)10-21(26(16)20)29-28(35)30-27-31(22(11-36)32(38-30)41-13-18(14-41)40(2)3)42-12-17-6-8-24(37-17)25(42)15-44-33(27)39-29/h1,5,7,9-10,17-18,24-25,37,43H,6,8,12-15H2,2-3H3. The molecule has 4 aliphatic rings. The number of halogens is 2. The molecule has 44 heavy (non-hydrogen) atoms. The largest absolute Gasteiger partial charge is 0.508 e. The van der Waals surface area contributed by atoms with E-state index in [0.29, 0.717) is 47.5 Å². The van der Waals surface area contributed by atoms with E-state index in [1.807, 2.05) is 19.0 Å². The fraction of sp³-hybridized carbons (Fsp3) is 0.364. The second-order valence-corrected chi connectivity index (χ2v) is 12.3. The number of rotatable bonds is 3. The van der Waals surface area contributed by atoms with Crippen molar-refractivity contribution >= 4 is 33.2 Å². The van der Waals surface area contributed by atoms with Crippen LogP contribution in [-0.2, 0) is 0 Å². The Balaban J connectivity index is 1.44. The van der Waals surface area contributed by atoms with Crippen LogP contribution >= 0.6 is 0 Å². The third-order valence-electron chi connectivity index (χ3n) is 9.69. The number of hydrogen-bond donors (Lipinski definition) is 2. The molecule has 4 aromatic rings. The summed E-state index contributed by atoms with van der Waals surface area (Å²) < 4.78 is 38.3. The summed E-state index contributed by atoms with van der Waals surface area (Å²) in [5.74, 6) is 1.38. The Hall–Kier alpha value is -4.71. The van der Waals surface area contributed by atoms with Crippen molar-refractivity contribution in [2.45, 2.75) is 37.0 Å². The predicted molar refractivity (Wildman–Crippen MR) is 163 cm³/mol. The number of anilines is 2. The lowest BCUT2D eigenvalue weighted by atomic mass is 9.95. The Morgan fingerprint density at radius 1 is 1.11 bits per heavy atom. The highest BCUT2D eigenvalue weighted by molar-refractivity contribution is 6.06. The average Bonchev–Trinajstić information content (AvgIpc) is 3.28. The van der Waals surface area contributed by atoms with Crippen molar-refractivity contribution in [3.05, 3.63) is 47.0 Å². The second kappa shape index (κ2) is 9.65. The summed E-state index contributed by atoms with van der Waals surface area (Å²) in [6, 6.07) is 8.44. The van der Waals surface area contributed by atoms with E-state index in [9.17, 15) is 14.8 Å². The number of terminal acetylenes is 1. The topological polar surface area (TPSA) is 101 Å². The number of aromatic hydroxyl groups is 1. The molecule has 0 radical (unpaired) electrons. The molecule has 3 unspecified atom stereocenters. The smallest absolute Gasteiger partial charge is 0.226 e. The van der Waals surface area contributed by atoms with Crippen LogP contribution in [0, 0.1) is 35.3 Å². The Labute approximate surface area is 252 Å². The molecule has 9 nitrogen and oxygen atoms in total. The minimum atomic E-state index is -0.764. The maximum absolute atomic E-state index is 17.1. The van der Waals surface area contributed by atoms with E-state index in [1.165, 1.54) is 24.3 Å². The molecule has 0 aliphatic carbocycles. The van der Waals surface area contributed by atoms with Gasteiger partial charge in [0, 0.05) is 48.7 Å². The fourth-order valence-corrected chi connectivity index (χ4v) is 7.37. The number of pyridine rings is 2. The van der Waals surface area contributed by atoms with Gasteiger partial charge < -0.3 is 29.9 Å². The number of phenolic OH excluding ortho intramolecular Hbond substituents is 1. The lowest BCUT2D eigenvalue weighted by Gasteiger charge is -2.45. The molecule has 2 N–H and O–H groups in total. The number of phenols is 1. The molecule has 3 atom stereocenters. The number of hydrogen-bond acceptors (Lipinski definition) is 9. The number of piperazine rings is 1. The zero-order valence-corrected chi connectivity index (χ0v) is 24.2. The fourth-order valence-electron chi connectivity index (χ4n) is 7.37. The van der Waals surface area contributed by atoms with Crippen LogP contribution in [0.1, 0.15) is 24.0 Å². The SMILES string of the molecule is C#Cc1c(F)ccc2cc(O)cc(-c3nc4c5c(c(C#N)c(N6CC(N(C)C)C6)nc5c3F)N3CC5CCC(N5)C3CO4)c12. The molecule has 11 heteroatoms. The molecule has 0 amide bonds. The van der Waals surface area contributed by atoms with Crippen LogP contribution in [0.2, 0.25) is 0 Å². The van der Waals surface area contributed by atoms with Gasteiger partial charge in [-0.15, -0.1) is 6.42 Å². The predicted octanol–water partition coefficient (Wildman–Crippen LogP) is 3.74. The Kier molecular flexibility index (Phi) is 5.89. The van der Waals surface area contributed by atoms with Crippen LogP contribution in [0.15, 0.2) is 24.3 Å². The summed E-state index contributed by atoms with van der Waals surface area (Å²) in [7, 11) is 4.01. The van der Waals surface area contributed by atoms with Gasteiger partial charge in [-0.3, -0.25) is 0 Å². The maximum Gasteiger partial charge on any atom is 0.226 e. The third-order valence-corrected chi connectivity index (χ3v) is 9.69. The number of benzene rings is 2. The molecule has 8 rings (SSSR count). The number of fused-ring (bicyclic) bond motifs is 6. The Bertz CT molecular complexity index is 1980. The van der Waals surface area contributed by atoms with Gasteiger partial charge in [-0.25, -0.2) is 18.7 Å². The molecular weight excluding hydrogens is 564 g/mol. The molecule has 2 aromatic heterocycles. The summed E-state index contributed by atoms with van der Waals surface area (Å²) in [5, 5.41) is 25.9. The van der Waals surface area contributed by atoms with E-state index in [4.69, 9.17) is 16.1 Å². The number of nitrogens with one attached hydrogen (secondary N) is 1. The molecule has 3 saturated heterocycles. The van der Waals surface area contributed by atoms with E-state index in [1.54, 1.807) is 0 Å². The first-order valence-electron chi connectivity index (χ1n) is 14.7. The number of nitriles is 1. The summed E-state index contributed by atoms with van der Waals surface area (Å²) in [4.78, 5) is 15.8. The minimum Gasteiger partial charge on any atom is -0.508 e. The molecule has 0 spiro atoms. The Morgan fingerprint density at radius 3 is 2.68 bits per heavy atom. The number of aromatic nitrogens is 2. The molecule has 3 fully saturated rings. The monoisotopic (exact) mass is 593 g/mol. The highest BCUT2D eigenvalue weighted by Gasteiger charge is 2.45. The number of nitrogens with zero attached hydrogens (tertiary/aromatic N) is 6. The first-order chi connectivity index (χ1) is 21.3. The van der Waals surface area contributed by atoms with E-state index >= 15 is 4.39 Å². The lowest BCUT2D eigenvalue weighted by Crippen LogP contribution is -2.60. The van der Waals surface area contributed by atoms with Gasteiger partial charge in [0.25, 0.3) is 0 Å². The second-order valence-electron chi connectivity index (χ2n) is 12.3. The third kappa shape index (κ3) is 3.76. The van der Waals surface area contributed by atoms with Gasteiger partial charge >= 0.3 is 0 Å². The molecule has 0 saturated carbocycles. The zero-order valence-electron chi connectivity index (χ0n) is 24.2. The number of ether oxygens (including phenoxy) is 1. The van der Waals surface area contributed by atoms with E-state index in [0.717, 1.165) is 12.8 Å². The summed E-state index contributed by atoms with van der Waals surface area (Å²) in [6.07, 6.45) is 7.69. The molecule has 2 aromatic carbocycles. The lowest BCUT2D eigenvalue weighted by molar-refractivity contribution is 0.239. The average molecular weight is 594 g/mol. The molecule has 6 heterocycles. The van der Waals surface area contributed by atoms with Crippen LogP contribution in [0.3, 0.4) is 0 Å². The van der Waals surface area contributed by atoms with E-state index in [2.05, 4.69) is 32.1 Å². The van der Waals surface area contributed by atoms with Gasteiger partial charge in [0.05, 0.1) is 22.7 Å². The normalized spacial score (nSPS) is 22.4. The highest BCUT2D eigenvalue weighted by Crippen LogP contribution is 2.48. The van der Waals surface area contributed by atoms with Gasteiger partial charge in [-0.2, -0.15) is 5.26 Å². The first kappa shape index (κ1) is 26.9. The van der Waals surface area contributed by atoms with Crippen LogP contribution in [0.25, 0.3) is 32.9 Å². The van der Waals surface area contributed by atoms with Gasteiger partial charge in [-0.1, -0.05) is 12.0 Å². The van der Waals surface area contributed by atoms with Crippen LogP contribution < -0.4 is 19.9 Å². The van der Waals surface area contributed by atoms with E-state index in [-0.39, 0.29) is 70.1 Å². The van der Waals surface area contributed by atoms with Gasteiger partial charge in [0.2, 0.25) is 5.88 Å². The van der Waals surface area contributed by atoms with Crippen LogP contribution in [-0.4, -0.2) is 84.5 Å². The summed E-state index contributed by atoms with van der Waals surface area (Å²) >= 11 is 0. The van der Waals surface area contributed by atoms with Crippen LogP contribution in [0.5, 0.6) is 11.6 Å². The van der Waals surface area contributed by atoms with Crippen molar-refractivity contribution in [2.75, 3.05) is 50.1 Å². The summed E-state index contributed by atoms with van der Waals surface area (Å²) in [6.45, 7) is 2.19. The van der Waals surface area contributed by atoms with Gasteiger partial charge in [0.1, 0.15) is 46.8 Å². The van der Waals surface area contributed by atoms with Gasteiger partial charge in [0.15, 0.2) is 5.82 Å². The van der Waals surface area contributed by atoms with Crippen molar-refractivity contribution in [2.24, 2.45) is 0 Å². The highest BCUT2D eigenvalue weighted by atomic mass is 19.1. The minimum absolute atomic E-state index is 0.00369. The first-order valence-corrected chi connectivity index (χ1v) is 14.7. The molecular formula is C33H29F2N7O2. The van der Waals surface area contributed by atoms with Crippen molar-refractivity contribution < 1.29 is 18.6 Å². The van der Waals surface area contributed by atoms with Crippen molar-refractivity contribution in [3.8, 4) is 41.3 Å². The molecule has 222 valence electrons. The van der Waals surface area contributed by atoms with Gasteiger partial charge in [-0.05, 0) is 50.5 Å². The Morgan fingerprint density at radius 2 is 1.93 bits per heavy atom. The maximum atomic E-state index is 17.1. The molecule has 4 aliphatic heterocycles. The quantitative estimate of drug-likeness (QED) is 0.344. The zero-order chi connectivity index (χ0) is 30.4. The summed E-state index contributed by atoms with van der Waals surface area (Å²) in [5.41, 5.74) is 0.865. The molecule has 2 bridgehead atoms. The number of likely N-dealkylation sites (N-methyl/N-ethyl adjacent to an activating group) is 1. The van der Waals surface area contributed by atoms with Crippen molar-refractivity contribution in [1.29, 1.82) is 5.26 Å². The van der Waals surface area contributed by atoms with Crippen LogP contribution in [0.4, 0.5) is 20.3 Å². The van der Waals surface area contributed by atoms with Crippen molar-refractivity contribution in [1.82, 2.24) is 20.2 Å². The van der Waals surface area contributed by atoms with Crippen molar-refractivity contribution in [3.63, 3.8) is 0 Å².